The fourth-order valence-electron chi connectivity index (χ4n) is 2.30. The molecular weight excluding hydrogens is 198 g/mol. The lowest BCUT2D eigenvalue weighted by Gasteiger charge is -2.21. The zero-order chi connectivity index (χ0) is 11.4. The molecule has 0 bridgehead atoms. The van der Waals surface area contributed by atoms with Gasteiger partial charge in [0.25, 0.3) is 0 Å². The van der Waals surface area contributed by atoms with Crippen molar-refractivity contribution in [1.29, 1.82) is 0 Å². The molecule has 0 saturated carbocycles. The van der Waals surface area contributed by atoms with Crippen molar-refractivity contribution in [3.05, 3.63) is 29.8 Å². The second kappa shape index (κ2) is 5.15. The van der Waals surface area contributed by atoms with Crippen LogP contribution in [0.4, 0.5) is 5.69 Å². The van der Waals surface area contributed by atoms with Gasteiger partial charge in [0.05, 0.1) is 0 Å². The molecule has 1 aliphatic rings. The van der Waals surface area contributed by atoms with E-state index < -0.39 is 0 Å². The van der Waals surface area contributed by atoms with Crippen molar-refractivity contribution in [3.8, 4) is 0 Å². The normalized spacial score (nSPS) is 15.4. The number of para-hydroxylation sites is 1. The zero-order valence-electron chi connectivity index (χ0n) is 9.91. The molecule has 0 radical (unpaired) electrons. The van der Waals surface area contributed by atoms with Crippen LogP contribution in [0.15, 0.2) is 24.3 Å². The molecule has 2 nitrogen and oxygen atoms in total. The van der Waals surface area contributed by atoms with Crippen molar-refractivity contribution in [2.75, 3.05) is 18.0 Å². The van der Waals surface area contributed by atoms with Gasteiger partial charge < -0.3 is 9.69 Å². The van der Waals surface area contributed by atoms with Crippen LogP contribution in [-0.4, -0.2) is 18.9 Å². The van der Waals surface area contributed by atoms with Crippen LogP contribution in [0.25, 0.3) is 0 Å². The average molecular weight is 217 g/mol. The van der Waals surface area contributed by atoms with E-state index in [9.17, 15) is 4.79 Å². The number of aryl methyl sites for hydroxylation is 1. The van der Waals surface area contributed by atoms with Gasteiger partial charge in [-0.1, -0.05) is 18.2 Å². The fraction of sp³-hybridized carbons (Fsp3) is 0.500. The summed E-state index contributed by atoms with van der Waals surface area (Å²) in [6.07, 6.45) is 4.12. The molecule has 86 valence electrons. The third kappa shape index (κ3) is 2.63. The van der Waals surface area contributed by atoms with Crippen LogP contribution in [0.5, 0.6) is 0 Å². The van der Waals surface area contributed by atoms with E-state index in [4.69, 9.17) is 0 Å². The van der Waals surface area contributed by atoms with Crippen LogP contribution in [0, 0.1) is 0 Å². The van der Waals surface area contributed by atoms with Crippen LogP contribution < -0.4 is 4.90 Å². The first kappa shape index (κ1) is 11.2. The van der Waals surface area contributed by atoms with Gasteiger partial charge in [-0.25, -0.2) is 0 Å². The predicted octanol–water partition coefficient (Wildman–Crippen LogP) is 2.81. The molecule has 1 saturated heterocycles. The molecule has 16 heavy (non-hydrogen) atoms. The molecule has 2 heteroatoms. The molecule has 0 atom stereocenters. The second-order valence-electron chi connectivity index (χ2n) is 4.52. The van der Waals surface area contributed by atoms with E-state index in [0.717, 1.165) is 19.5 Å². The van der Waals surface area contributed by atoms with Crippen LogP contribution >= 0.6 is 0 Å². The van der Waals surface area contributed by atoms with Crippen LogP contribution in [-0.2, 0) is 11.2 Å². The SMILES string of the molecule is CC(=O)CCc1ccccc1N1CCCC1. The lowest BCUT2D eigenvalue weighted by Crippen LogP contribution is -2.19. The van der Waals surface area contributed by atoms with Crippen molar-refractivity contribution in [2.24, 2.45) is 0 Å². The predicted molar refractivity (Wildman–Crippen MR) is 66.9 cm³/mol. The van der Waals surface area contributed by atoms with Crippen LogP contribution in [0.3, 0.4) is 0 Å². The minimum Gasteiger partial charge on any atom is -0.371 e. The number of hydrogen-bond acceptors (Lipinski definition) is 2. The monoisotopic (exact) mass is 217 g/mol. The Labute approximate surface area is 97.3 Å². The Morgan fingerprint density at radius 1 is 1.25 bits per heavy atom. The standard InChI is InChI=1S/C14H19NO/c1-12(16)8-9-13-6-2-3-7-14(13)15-10-4-5-11-15/h2-3,6-7H,4-5,8-11H2,1H3. The first-order valence-electron chi connectivity index (χ1n) is 6.09. The number of Topliss-reactive ketones (excluding diaryl/α,β-unsaturated/α-hetero) is 1. The van der Waals surface area contributed by atoms with Crippen molar-refractivity contribution < 1.29 is 4.79 Å². The van der Waals surface area contributed by atoms with E-state index in [1.807, 2.05) is 0 Å². The van der Waals surface area contributed by atoms with Crippen molar-refractivity contribution in [3.63, 3.8) is 0 Å². The summed E-state index contributed by atoms with van der Waals surface area (Å²) in [4.78, 5) is 13.5. The summed E-state index contributed by atoms with van der Waals surface area (Å²) in [6, 6.07) is 8.48. The molecule has 1 fully saturated rings. The van der Waals surface area contributed by atoms with E-state index in [1.54, 1.807) is 6.92 Å². The van der Waals surface area contributed by atoms with Crippen LogP contribution in [0.2, 0.25) is 0 Å². The van der Waals surface area contributed by atoms with Gasteiger partial charge in [-0.2, -0.15) is 0 Å². The summed E-state index contributed by atoms with van der Waals surface area (Å²) in [5.74, 6) is 0.274. The minimum absolute atomic E-state index is 0.274. The lowest BCUT2D eigenvalue weighted by molar-refractivity contribution is -0.116. The molecule has 0 spiro atoms. The van der Waals surface area contributed by atoms with Crippen LogP contribution in [0.1, 0.15) is 31.7 Å². The van der Waals surface area contributed by atoms with E-state index in [2.05, 4.69) is 29.2 Å². The summed E-state index contributed by atoms with van der Waals surface area (Å²) < 4.78 is 0. The van der Waals surface area contributed by atoms with E-state index >= 15 is 0 Å². The van der Waals surface area contributed by atoms with Crippen molar-refractivity contribution in [1.82, 2.24) is 0 Å². The fourth-order valence-corrected chi connectivity index (χ4v) is 2.30. The molecule has 0 aromatic heterocycles. The lowest BCUT2D eigenvalue weighted by atomic mass is 10.1. The highest BCUT2D eigenvalue weighted by molar-refractivity contribution is 5.76. The molecule has 0 amide bonds. The minimum atomic E-state index is 0.274. The quantitative estimate of drug-likeness (QED) is 0.773. The Kier molecular flexibility index (Phi) is 3.60. The third-order valence-corrected chi connectivity index (χ3v) is 3.18. The number of rotatable bonds is 4. The summed E-state index contributed by atoms with van der Waals surface area (Å²) in [5.41, 5.74) is 2.65. The highest BCUT2D eigenvalue weighted by Gasteiger charge is 2.15. The molecule has 1 heterocycles. The van der Waals surface area contributed by atoms with Crippen molar-refractivity contribution >= 4 is 11.5 Å². The van der Waals surface area contributed by atoms with Gasteiger partial charge in [-0.15, -0.1) is 0 Å². The summed E-state index contributed by atoms with van der Waals surface area (Å²) in [5, 5.41) is 0. The maximum Gasteiger partial charge on any atom is 0.130 e. The first-order valence-corrected chi connectivity index (χ1v) is 6.09. The third-order valence-electron chi connectivity index (χ3n) is 3.18. The number of hydrogen-bond donors (Lipinski definition) is 0. The number of nitrogens with zero attached hydrogens (tertiary/aromatic N) is 1. The Bertz CT molecular complexity index is 367. The molecule has 2 rings (SSSR count). The summed E-state index contributed by atoms with van der Waals surface area (Å²) in [7, 11) is 0. The highest BCUT2D eigenvalue weighted by Crippen LogP contribution is 2.25. The Morgan fingerprint density at radius 2 is 1.94 bits per heavy atom. The number of carbonyl (C=O) groups is 1. The van der Waals surface area contributed by atoms with Gasteiger partial charge in [-0.3, -0.25) is 0 Å². The van der Waals surface area contributed by atoms with Gasteiger partial charge in [-0.05, 0) is 37.8 Å². The summed E-state index contributed by atoms with van der Waals surface area (Å²) >= 11 is 0. The number of carbonyl (C=O) groups excluding carboxylic acids is 1. The molecule has 1 aliphatic heterocycles. The topological polar surface area (TPSA) is 20.3 Å². The van der Waals surface area contributed by atoms with Crippen molar-refractivity contribution in [2.45, 2.75) is 32.6 Å². The molecule has 1 aromatic rings. The molecular formula is C14H19NO. The number of anilines is 1. The molecule has 0 unspecified atom stereocenters. The number of ketones is 1. The average Bonchev–Trinajstić information content (AvgIpc) is 2.80. The summed E-state index contributed by atoms with van der Waals surface area (Å²) in [6.45, 7) is 3.99. The van der Waals surface area contributed by atoms with E-state index in [-0.39, 0.29) is 5.78 Å². The van der Waals surface area contributed by atoms with Gasteiger partial charge in [0.2, 0.25) is 0 Å². The van der Waals surface area contributed by atoms with Gasteiger partial charge >= 0.3 is 0 Å². The molecule has 0 aliphatic carbocycles. The molecule has 0 N–H and O–H groups in total. The van der Waals surface area contributed by atoms with Gasteiger partial charge in [0.15, 0.2) is 0 Å². The maximum absolute atomic E-state index is 11.0. The number of benzene rings is 1. The Balaban J connectivity index is 2.13. The van der Waals surface area contributed by atoms with Gasteiger partial charge in [0, 0.05) is 25.2 Å². The highest BCUT2D eigenvalue weighted by atomic mass is 16.1. The smallest absolute Gasteiger partial charge is 0.130 e. The largest absolute Gasteiger partial charge is 0.371 e. The van der Waals surface area contributed by atoms with E-state index in [1.165, 1.54) is 24.1 Å². The first-order chi connectivity index (χ1) is 7.77. The van der Waals surface area contributed by atoms with E-state index in [0.29, 0.717) is 6.42 Å². The second-order valence-corrected chi connectivity index (χ2v) is 4.52. The zero-order valence-corrected chi connectivity index (χ0v) is 9.91. The Hall–Kier alpha value is -1.31. The maximum atomic E-state index is 11.0. The van der Waals surface area contributed by atoms with Gasteiger partial charge in [0.1, 0.15) is 5.78 Å². The Morgan fingerprint density at radius 3 is 2.62 bits per heavy atom. The molecule has 1 aromatic carbocycles.